The Balaban J connectivity index is 1.70. The fraction of sp³-hybridized carbons (Fsp3) is 0.688. The molecule has 1 aliphatic rings. The number of imidazole rings is 1. The third-order valence-electron chi connectivity index (χ3n) is 4.83. The molecule has 0 saturated heterocycles. The largest absolute Gasteiger partial charge is 0.382 e. The van der Waals surface area contributed by atoms with E-state index in [2.05, 4.69) is 26.4 Å². The van der Waals surface area contributed by atoms with E-state index in [1.807, 2.05) is 31.6 Å². The number of hydrogen-bond acceptors (Lipinski definition) is 7. The van der Waals surface area contributed by atoms with Gasteiger partial charge in [0.1, 0.15) is 5.52 Å². The number of fused-ring (bicyclic) bond motifs is 1. The maximum atomic E-state index is 6.00. The molecule has 0 radical (unpaired) electrons. The van der Waals surface area contributed by atoms with E-state index < -0.39 is 7.58 Å². The maximum absolute atomic E-state index is 6.00. The summed E-state index contributed by atoms with van der Waals surface area (Å²) >= 11 is 7.80. The second-order valence-electron chi connectivity index (χ2n) is 6.32. The number of nitrogens with zero attached hydrogens (tertiary/aromatic N) is 4. The summed E-state index contributed by atoms with van der Waals surface area (Å²) in [5, 5.41) is 0.161. The summed E-state index contributed by atoms with van der Waals surface area (Å²) in [4.78, 5) is 12.7. The van der Waals surface area contributed by atoms with Gasteiger partial charge in [0, 0.05) is 11.8 Å². The average Bonchev–Trinajstić information content (AvgIpc) is 3.16. The minimum absolute atomic E-state index is 0.161. The minimum atomic E-state index is -0.849. The normalized spacial score (nSPS) is 23.3. The van der Waals surface area contributed by atoms with Crippen molar-refractivity contribution in [1.82, 2.24) is 19.5 Å². The molecule has 0 bridgehead atoms. The van der Waals surface area contributed by atoms with Gasteiger partial charge in [-0.05, 0) is 50.1 Å². The Morgan fingerprint density at radius 2 is 2.04 bits per heavy atom. The zero-order valence-electron chi connectivity index (χ0n) is 15.3. The molecule has 26 heavy (non-hydrogen) atoms. The number of aromatic nitrogens is 4. The molecular weight excluding hydrogens is 393 g/mol. The van der Waals surface area contributed by atoms with Crippen molar-refractivity contribution in [2.45, 2.75) is 39.7 Å². The Morgan fingerprint density at radius 1 is 1.31 bits per heavy atom. The lowest BCUT2D eigenvalue weighted by molar-refractivity contribution is 0.283. The zero-order valence-corrected chi connectivity index (χ0v) is 17.7. The van der Waals surface area contributed by atoms with E-state index in [4.69, 9.17) is 26.4 Å². The van der Waals surface area contributed by atoms with Crippen LogP contribution >= 0.6 is 30.6 Å². The van der Waals surface area contributed by atoms with Crippen LogP contribution in [0.25, 0.3) is 11.2 Å². The molecule has 2 aromatic heterocycles. The standard InChI is InChI=1S/C16H25ClN5O2PS/c1-4-23-25(24-5-2)26-8-11-6-7-12(10(11)3)22-9-19-13-14(18)20-16(17)21-15(13)22/h9-12H,4-8H2,1-3H3,(H2,18,20,21). The molecule has 7 nitrogen and oxygen atoms in total. The van der Waals surface area contributed by atoms with Crippen LogP contribution < -0.4 is 5.73 Å². The number of rotatable bonds is 8. The summed E-state index contributed by atoms with van der Waals surface area (Å²) in [6, 6.07) is 0.335. The SMILES string of the molecule is CCOP(OCC)SCC1CCC(n2cnc3c(N)nc(Cl)nc32)C1C. The van der Waals surface area contributed by atoms with Crippen LogP contribution in [0, 0.1) is 11.8 Å². The van der Waals surface area contributed by atoms with Gasteiger partial charge in [-0.2, -0.15) is 9.97 Å². The Morgan fingerprint density at radius 3 is 2.73 bits per heavy atom. The first-order valence-corrected chi connectivity index (χ1v) is 12.0. The van der Waals surface area contributed by atoms with E-state index in [0.29, 0.717) is 42.4 Å². The molecule has 144 valence electrons. The number of halogens is 1. The second-order valence-corrected chi connectivity index (χ2v) is 9.88. The van der Waals surface area contributed by atoms with Gasteiger partial charge in [0.25, 0.3) is 0 Å². The third kappa shape index (κ3) is 4.25. The van der Waals surface area contributed by atoms with Gasteiger partial charge in [-0.1, -0.05) is 18.3 Å². The quantitative estimate of drug-likeness (QED) is 0.492. The lowest BCUT2D eigenvalue weighted by atomic mass is 9.97. The van der Waals surface area contributed by atoms with E-state index in [0.717, 1.165) is 24.2 Å². The van der Waals surface area contributed by atoms with Gasteiger partial charge in [-0.15, -0.1) is 0 Å². The van der Waals surface area contributed by atoms with Crippen molar-refractivity contribution in [3.8, 4) is 0 Å². The molecule has 10 heteroatoms. The molecule has 1 aliphatic carbocycles. The van der Waals surface area contributed by atoms with Gasteiger partial charge in [-0.3, -0.25) is 0 Å². The molecule has 0 amide bonds. The van der Waals surface area contributed by atoms with Crippen LogP contribution in [-0.4, -0.2) is 38.5 Å². The summed E-state index contributed by atoms with van der Waals surface area (Å²) in [7, 11) is -0.849. The monoisotopic (exact) mass is 417 g/mol. The van der Waals surface area contributed by atoms with E-state index in [-0.39, 0.29) is 5.28 Å². The number of nitrogens with two attached hydrogens (primary N) is 1. The molecule has 0 aromatic carbocycles. The van der Waals surface area contributed by atoms with Gasteiger partial charge in [0.2, 0.25) is 12.9 Å². The van der Waals surface area contributed by atoms with Crippen LogP contribution in [0.5, 0.6) is 0 Å². The Labute approximate surface area is 164 Å². The highest BCUT2D eigenvalue weighted by atomic mass is 35.5. The number of anilines is 1. The summed E-state index contributed by atoms with van der Waals surface area (Å²) in [5.74, 6) is 2.46. The van der Waals surface area contributed by atoms with Crippen molar-refractivity contribution >= 4 is 47.5 Å². The van der Waals surface area contributed by atoms with Gasteiger partial charge < -0.3 is 19.3 Å². The molecule has 1 saturated carbocycles. The van der Waals surface area contributed by atoms with Crippen LogP contribution in [0.3, 0.4) is 0 Å². The zero-order chi connectivity index (χ0) is 18.7. The van der Waals surface area contributed by atoms with E-state index in [1.165, 1.54) is 0 Å². The van der Waals surface area contributed by atoms with Gasteiger partial charge in [-0.25, -0.2) is 4.98 Å². The molecule has 3 unspecified atom stereocenters. The Hall–Kier alpha value is -0.660. The number of nitrogen functional groups attached to an aromatic ring is 1. The summed E-state index contributed by atoms with van der Waals surface area (Å²) in [5.41, 5.74) is 7.27. The fourth-order valence-electron chi connectivity index (χ4n) is 3.48. The predicted molar refractivity (Wildman–Crippen MR) is 108 cm³/mol. The highest BCUT2D eigenvalue weighted by Gasteiger charge is 2.35. The van der Waals surface area contributed by atoms with Crippen molar-refractivity contribution < 1.29 is 9.05 Å². The van der Waals surface area contributed by atoms with Crippen molar-refractivity contribution in [3.05, 3.63) is 11.6 Å². The van der Waals surface area contributed by atoms with Gasteiger partial charge >= 0.3 is 0 Å². The van der Waals surface area contributed by atoms with Crippen LogP contribution in [0.2, 0.25) is 5.28 Å². The Bertz CT molecular complexity index is 743. The average molecular weight is 418 g/mol. The third-order valence-corrected chi connectivity index (χ3v) is 8.43. The first-order valence-electron chi connectivity index (χ1n) is 8.89. The molecule has 3 atom stereocenters. The molecule has 3 rings (SSSR count). The topological polar surface area (TPSA) is 88.1 Å². The predicted octanol–water partition coefficient (Wildman–Crippen LogP) is 4.68. The molecule has 0 aliphatic heterocycles. The van der Waals surface area contributed by atoms with Crippen LogP contribution in [-0.2, 0) is 9.05 Å². The highest BCUT2D eigenvalue weighted by molar-refractivity contribution is 8.52. The summed E-state index contributed by atoms with van der Waals surface area (Å²) in [6.45, 7) is 7.68. The van der Waals surface area contributed by atoms with Crippen LogP contribution in [0.4, 0.5) is 5.82 Å². The molecule has 2 N–H and O–H groups in total. The lowest BCUT2D eigenvalue weighted by Gasteiger charge is -2.23. The second kappa shape index (κ2) is 9.02. The molecule has 2 heterocycles. The number of hydrogen-bond donors (Lipinski definition) is 1. The van der Waals surface area contributed by atoms with Crippen molar-refractivity contribution in [2.75, 3.05) is 24.7 Å². The summed E-state index contributed by atoms with van der Waals surface area (Å²) < 4.78 is 13.5. The van der Waals surface area contributed by atoms with Crippen LogP contribution in [0.1, 0.15) is 39.7 Å². The van der Waals surface area contributed by atoms with Crippen LogP contribution in [0.15, 0.2) is 6.33 Å². The van der Waals surface area contributed by atoms with E-state index >= 15 is 0 Å². The first-order chi connectivity index (χ1) is 12.5. The van der Waals surface area contributed by atoms with Gasteiger partial charge in [0.15, 0.2) is 11.5 Å². The highest BCUT2D eigenvalue weighted by Crippen LogP contribution is 2.54. The van der Waals surface area contributed by atoms with Gasteiger partial charge in [0.05, 0.1) is 19.5 Å². The van der Waals surface area contributed by atoms with E-state index in [1.54, 1.807) is 0 Å². The minimum Gasteiger partial charge on any atom is -0.382 e. The molecule has 0 spiro atoms. The first kappa shape index (κ1) is 20.1. The maximum Gasteiger partial charge on any atom is 0.238 e. The lowest BCUT2D eigenvalue weighted by Crippen LogP contribution is -2.17. The smallest absolute Gasteiger partial charge is 0.238 e. The molecule has 1 fully saturated rings. The van der Waals surface area contributed by atoms with E-state index in [9.17, 15) is 0 Å². The Kier molecular flexibility index (Phi) is 6.97. The van der Waals surface area contributed by atoms with Crippen molar-refractivity contribution in [1.29, 1.82) is 0 Å². The van der Waals surface area contributed by atoms with Crippen molar-refractivity contribution in [2.24, 2.45) is 11.8 Å². The van der Waals surface area contributed by atoms with Crippen molar-refractivity contribution in [3.63, 3.8) is 0 Å². The molecular formula is C16H25ClN5O2PS. The summed E-state index contributed by atoms with van der Waals surface area (Å²) in [6.07, 6.45) is 4.06. The molecule has 2 aromatic rings. The fourth-order valence-corrected chi connectivity index (χ4v) is 7.10.